The first-order valence-electron chi connectivity index (χ1n) is 8.30. The molecule has 2 aromatic rings. The van der Waals surface area contributed by atoms with Gasteiger partial charge < -0.3 is 14.6 Å². The zero-order chi connectivity index (χ0) is 16.2. The maximum atomic E-state index is 12.6. The number of likely N-dealkylation sites (tertiary alicyclic amines) is 1. The molecule has 1 N–H and O–H groups in total. The van der Waals surface area contributed by atoms with Crippen LogP contribution in [0.25, 0.3) is 0 Å². The third kappa shape index (κ3) is 3.82. The van der Waals surface area contributed by atoms with Crippen LogP contribution in [0.5, 0.6) is 0 Å². The van der Waals surface area contributed by atoms with E-state index >= 15 is 0 Å². The zero-order valence-electron chi connectivity index (χ0n) is 13.6. The summed E-state index contributed by atoms with van der Waals surface area (Å²) in [7, 11) is 0. The van der Waals surface area contributed by atoms with Crippen LogP contribution in [0.4, 0.5) is 0 Å². The van der Waals surface area contributed by atoms with Crippen molar-refractivity contribution in [3.05, 3.63) is 59.9 Å². The fraction of sp³-hybridized carbons (Fsp3) is 0.421. The Morgan fingerprint density at radius 2 is 1.96 bits per heavy atom. The molecule has 0 bridgehead atoms. The van der Waals surface area contributed by atoms with E-state index in [9.17, 15) is 9.90 Å². The second-order valence-corrected chi connectivity index (χ2v) is 6.45. The van der Waals surface area contributed by atoms with Gasteiger partial charge >= 0.3 is 0 Å². The molecule has 1 aromatic carbocycles. The Morgan fingerprint density at radius 3 is 2.61 bits per heavy atom. The van der Waals surface area contributed by atoms with Gasteiger partial charge in [-0.25, -0.2) is 0 Å². The summed E-state index contributed by atoms with van der Waals surface area (Å²) in [6.45, 7) is 4.07. The first-order chi connectivity index (χ1) is 11.1. The quantitative estimate of drug-likeness (QED) is 0.943. The van der Waals surface area contributed by atoms with Crippen molar-refractivity contribution in [3.8, 4) is 0 Å². The van der Waals surface area contributed by atoms with E-state index in [2.05, 4.69) is 4.57 Å². The molecule has 1 amide bonds. The van der Waals surface area contributed by atoms with Crippen molar-refractivity contribution in [2.45, 2.75) is 32.4 Å². The van der Waals surface area contributed by atoms with Gasteiger partial charge in [0.25, 0.3) is 5.91 Å². The van der Waals surface area contributed by atoms with Crippen molar-refractivity contribution < 1.29 is 9.90 Å². The Hall–Kier alpha value is -2.07. The molecular weight excluding hydrogens is 288 g/mol. The number of amides is 1. The molecule has 0 saturated carbocycles. The molecule has 1 aromatic heterocycles. The normalized spacial score (nSPS) is 19.6. The van der Waals surface area contributed by atoms with E-state index in [4.69, 9.17) is 0 Å². The van der Waals surface area contributed by atoms with Crippen LogP contribution in [-0.2, 0) is 6.54 Å². The van der Waals surface area contributed by atoms with Gasteiger partial charge in [0.2, 0.25) is 0 Å². The molecule has 23 heavy (non-hydrogen) atoms. The molecule has 1 saturated heterocycles. The van der Waals surface area contributed by atoms with Crippen LogP contribution >= 0.6 is 0 Å². The lowest BCUT2D eigenvalue weighted by Crippen LogP contribution is -2.42. The first-order valence-corrected chi connectivity index (χ1v) is 8.30. The SMILES string of the molecule is C[C@@H](O)[C@@H]1CCCN(C(=O)c2ccc(Cn3cccc3)cc2)C1. The predicted octanol–water partition coefficient (Wildman–Crippen LogP) is 2.77. The summed E-state index contributed by atoms with van der Waals surface area (Å²) in [6, 6.07) is 11.9. The van der Waals surface area contributed by atoms with Crippen LogP contribution in [0.3, 0.4) is 0 Å². The smallest absolute Gasteiger partial charge is 0.253 e. The Morgan fingerprint density at radius 1 is 1.26 bits per heavy atom. The van der Waals surface area contributed by atoms with Crippen LogP contribution in [-0.4, -0.2) is 39.7 Å². The number of hydrogen-bond acceptors (Lipinski definition) is 2. The summed E-state index contributed by atoms with van der Waals surface area (Å²) in [6.07, 6.45) is 5.67. The van der Waals surface area contributed by atoms with Crippen LogP contribution in [0.15, 0.2) is 48.8 Å². The van der Waals surface area contributed by atoms with Gasteiger partial charge in [-0.05, 0) is 49.6 Å². The van der Waals surface area contributed by atoms with Crippen molar-refractivity contribution in [2.75, 3.05) is 13.1 Å². The van der Waals surface area contributed by atoms with E-state index in [1.165, 1.54) is 5.56 Å². The fourth-order valence-corrected chi connectivity index (χ4v) is 3.21. The highest BCUT2D eigenvalue weighted by Gasteiger charge is 2.26. The molecule has 1 aliphatic rings. The van der Waals surface area contributed by atoms with Gasteiger partial charge in [-0.2, -0.15) is 0 Å². The minimum atomic E-state index is -0.352. The standard InChI is InChI=1S/C19H24N2O2/c1-15(22)18-5-4-12-21(14-18)19(23)17-8-6-16(7-9-17)13-20-10-2-3-11-20/h2-3,6-11,15,18,22H,4-5,12-14H2,1H3/t15-,18-/m1/s1. The summed E-state index contributed by atoms with van der Waals surface area (Å²) in [4.78, 5) is 14.5. The third-order valence-electron chi connectivity index (χ3n) is 4.66. The highest BCUT2D eigenvalue weighted by Crippen LogP contribution is 2.21. The van der Waals surface area contributed by atoms with Gasteiger partial charge in [0.15, 0.2) is 0 Å². The van der Waals surface area contributed by atoms with Crippen molar-refractivity contribution in [1.82, 2.24) is 9.47 Å². The van der Waals surface area contributed by atoms with Gasteiger partial charge in [0, 0.05) is 43.5 Å². The molecule has 122 valence electrons. The molecule has 2 heterocycles. The maximum Gasteiger partial charge on any atom is 0.253 e. The Bertz CT molecular complexity index is 632. The van der Waals surface area contributed by atoms with Gasteiger partial charge in [0.1, 0.15) is 0 Å². The zero-order valence-corrected chi connectivity index (χ0v) is 13.6. The second-order valence-electron chi connectivity index (χ2n) is 6.45. The molecule has 1 fully saturated rings. The average molecular weight is 312 g/mol. The number of aliphatic hydroxyl groups is 1. The minimum Gasteiger partial charge on any atom is -0.393 e. The van der Waals surface area contributed by atoms with Gasteiger partial charge in [-0.15, -0.1) is 0 Å². The summed E-state index contributed by atoms with van der Waals surface area (Å²) >= 11 is 0. The molecule has 4 heteroatoms. The van der Waals surface area contributed by atoms with Gasteiger partial charge in [-0.1, -0.05) is 12.1 Å². The average Bonchev–Trinajstić information content (AvgIpc) is 3.08. The fourth-order valence-electron chi connectivity index (χ4n) is 3.21. The maximum absolute atomic E-state index is 12.6. The van der Waals surface area contributed by atoms with E-state index < -0.39 is 0 Å². The van der Waals surface area contributed by atoms with Crippen molar-refractivity contribution in [3.63, 3.8) is 0 Å². The van der Waals surface area contributed by atoms with E-state index in [-0.39, 0.29) is 17.9 Å². The van der Waals surface area contributed by atoms with E-state index in [1.54, 1.807) is 0 Å². The van der Waals surface area contributed by atoms with Crippen LogP contribution in [0.2, 0.25) is 0 Å². The van der Waals surface area contributed by atoms with Crippen molar-refractivity contribution in [2.24, 2.45) is 5.92 Å². The number of carbonyl (C=O) groups excluding carboxylic acids is 1. The molecule has 2 atom stereocenters. The van der Waals surface area contributed by atoms with Crippen LogP contribution in [0, 0.1) is 5.92 Å². The van der Waals surface area contributed by atoms with Gasteiger partial charge in [-0.3, -0.25) is 4.79 Å². The number of aromatic nitrogens is 1. The Kier molecular flexibility index (Phi) is 4.82. The largest absolute Gasteiger partial charge is 0.393 e. The topological polar surface area (TPSA) is 45.5 Å². The number of nitrogens with zero attached hydrogens (tertiary/aromatic N) is 2. The number of rotatable bonds is 4. The summed E-state index contributed by atoms with van der Waals surface area (Å²) in [5, 5.41) is 9.77. The number of aliphatic hydroxyl groups excluding tert-OH is 1. The van der Waals surface area contributed by atoms with E-state index in [1.807, 2.05) is 60.6 Å². The van der Waals surface area contributed by atoms with Crippen molar-refractivity contribution >= 4 is 5.91 Å². The highest BCUT2D eigenvalue weighted by atomic mass is 16.3. The molecule has 0 radical (unpaired) electrons. The molecule has 0 unspecified atom stereocenters. The summed E-state index contributed by atoms with van der Waals surface area (Å²) < 4.78 is 2.11. The number of piperidine rings is 1. The number of carbonyl (C=O) groups is 1. The molecule has 3 rings (SSSR count). The first kappa shape index (κ1) is 15.8. The molecule has 1 aliphatic heterocycles. The van der Waals surface area contributed by atoms with Crippen LogP contribution in [0.1, 0.15) is 35.7 Å². The second kappa shape index (κ2) is 7.01. The molecule has 4 nitrogen and oxygen atoms in total. The monoisotopic (exact) mass is 312 g/mol. The molecule has 0 spiro atoms. The molecule has 0 aliphatic carbocycles. The minimum absolute atomic E-state index is 0.0721. The number of hydrogen-bond donors (Lipinski definition) is 1. The highest BCUT2D eigenvalue weighted by molar-refractivity contribution is 5.94. The Balaban J connectivity index is 1.65. The van der Waals surface area contributed by atoms with Gasteiger partial charge in [0.05, 0.1) is 6.10 Å². The predicted molar refractivity (Wildman–Crippen MR) is 90.3 cm³/mol. The molecular formula is C19H24N2O2. The lowest BCUT2D eigenvalue weighted by Gasteiger charge is -2.34. The van der Waals surface area contributed by atoms with E-state index in [0.717, 1.165) is 31.5 Å². The number of benzene rings is 1. The van der Waals surface area contributed by atoms with Crippen LogP contribution < -0.4 is 0 Å². The van der Waals surface area contributed by atoms with Crippen molar-refractivity contribution in [1.29, 1.82) is 0 Å². The summed E-state index contributed by atoms with van der Waals surface area (Å²) in [5.74, 6) is 0.267. The summed E-state index contributed by atoms with van der Waals surface area (Å²) in [5.41, 5.74) is 1.91. The Labute approximate surface area is 137 Å². The lowest BCUT2D eigenvalue weighted by molar-refractivity contribution is 0.0466. The third-order valence-corrected chi connectivity index (χ3v) is 4.66. The van der Waals surface area contributed by atoms with E-state index in [0.29, 0.717) is 6.54 Å². The lowest BCUT2D eigenvalue weighted by atomic mass is 9.93.